The van der Waals surface area contributed by atoms with Gasteiger partial charge in [-0.05, 0) is 61.0 Å². The highest BCUT2D eigenvalue weighted by Crippen LogP contribution is 2.21. The third kappa shape index (κ3) is 6.06. The monoisotopic (exact) mass is 429 g/mol. The van der Waals surface area contributed by atoms with E-state index in [4.69, 9.17) is 4.74 Å². The van der Waals surface area contributed by atoms with Crippen molar-refractivity contribution >= 4 is 39.9 Å². The molecule has 1 aromatic heterocycles. The maximum absolute atomic E-state index is 12.7. The highest BCUT2D eigenvalue weighted by Gasteiger charge is 2.28. The molecule has 3 amide bonds. The van der Waals surface area contributed by atoms with E-state index in [1.54, 1.807) is 29.2 Å². The first-order valence-corrected chi connectivity index (χ1v) is 11.1. The van der Waals surface area contributed by atoms with Gasteiger partial charge in [-0.2, -0.15) is 0 Å². The first kappa shape index (κ1) is 21.8. The topological polar surface area (TPSA) is 87.7 Å². The van der Waals surface area contributed by atoms with Crippen LogP contribution in [0.4, 0.5) is 15.5 Å². The van der Waals surface area contributed by atoms with Gasteiger partial charge >= 0.3 is 12.0 Å². The number of anilines is 2. The number of likely N-dealkylation sites (tertiary alicyclic amines) is 1. The zero-order chi connectivity index (χ0) is 21.3. The molecule has 0 saturated carbocycles. The van der Waals surface area contributed by atoms with Crippen molar-refractivity contribution in [1.82, 2.24) is 4.90 Å². The number of unbranched alkanes of at least 4 members (excludes halogenated alkanes) is 1. The Balaban J connectivity index is 1.51. The molecule has 30 heavy (non-hydrogen) atoms. The molecule has 1 aliphatic rings. The van der Waals surface area contributed by atoms with Crippen LogP contribution in [0, 0.1) is 5.92 Å². The van der Waals surface area contributed by atoms with Crippen LogP contribution in [0.1, 0.15) is 43.0 Å². The van der Waals surface area contributed by atoms with Gasteiger partial charge in [-0.3, -0.25) is 10.1 Å². The molecule has 7 nitrogen and oxygen atoms in total. The maximum Gasteiger partial charge on any atom is 0.338 e. The highest BCUT2D eigenvalue weighted by atomic mass is 32.1. The van der Waals surface area contributed by atoms with E-state index in [1.165, 1.54) is 11.3 Å². The van der Waals surface area contributed by atoms with Crippen molar-refractivity contribution in [1.29, 1.82) is 0 Å². The Morgan fingerprint density at radius 1 is 1.17 bits per heavy atom. The average Bonchev–Trinajstić information content (AvgIpc) is 3.27. The quantitative estimate of drug-likeness (QED) is 0.498. The Morgan fingerprint density at radius 2 is 1.97 bits per heavy atom. The van der Waals surface area contributed by atoms with Crippen molar-refractivity contribution in [3.63, 3.8) is 0 Å². The van der Waals surface area contributed by atoms with Crippen molar-refractivity contribution in [3.8, 4) is 0 Å². The summed E-state index contributed by atoms with van der Waals surface area (Å²) in [4.78, 5) is 38.8. The second-order valence-corrected chi connectivity index (χ2v) is 8.20. The van der Waals surface area contributed by atoms with Crippen LogP contribution in [0.2, 0.25) is 0 Å². The third-order valence-corrected chi connectivity index (χ3v) is 5.74. The smallest absolute Gasteiger partial charge is 0.338 e. The molecule has 0 spiro atoms. The van der Waals surface area contributed by atoms with E-state index < -0.39 is 0 Å². The van der Waals surface area contributed by atoms with Crippen molar-refractivity contribution < 1.29 is 19.1 Å². The van der Waals surface area contributed by atoms with Gasteiger partial charge in [0.25, 0.3) is 0 Å². The molecule has 0 aliphatic carbocycles. The predicted octanol–water partition coefficient (Wildman–Crippen LogP) is 4.59. The number of thiophene rings is 1. The molecule has 3 rings (SSSR count). The van der Waals surface area contributed by atoms with Gasteiger partial charge in [0.05, 0.1) is 23.1 Å². The fourth-order valence-electron chi connectivity index (χ4n) is 3.24. The molecule has 1 fully saturated rings. The number of nitrogens with one attached hydrogen (secondary N) is 2. The molecule has 160 valence electrons. The Kier molecular flexibility index (Phi) is 7.84. The molecular formula is C22H27N3O4S. The number of hydrogen-bond donors (Lipinski definition) is 2. The van der Waals surface area contributed by atoms with Crippen molar-refractivity contribution in [3.05, 3.63) is 47.3 Å². The number of urea groups is 1. The van der Waals surface area contributed by atoms with Crippen LogP contribution in [0.25, 0.3) is 0 Å². The van der Waals surface area contributed by atoms with Gasteiger partial charge < -0.3 is 15.0 Å². The molecule has 1 aliphatic heterocycles. The molecule has 1 aromatic carbocycles. The van der Waals surface area contributed by atoms with Crippen LogP contribution in [-0.4, -0.2) is 42.5 Å². The molecule has 0 bridgehead atoms. The second kappa shape index (κ2) is 10.8. The van der Waals surface area contributed by atoms with Crippen LogP contribution in [-0.2, 0) is 9.53 Å². The van der Waals surface area contributed by atoms with E-state index in [9.17, 15) is 14.4 Å². The zero-order valence-corrected chi connectivity index (χ0v) is 17.9. The standard InChI is InChI=1S/C22H27N3O4S/c1-2-3-13-29-21(27)16-8-10-18(11-9-16)23-20(26)17-6-4-12-25(15-17)22(28)24-19-7-5-14-30-19/h5,7-11,14,17H,2-4,6,12-13,15H2,1H3,(H,23,26)(H,24,28). The van der Waals surface area contributed by atoms with Crippen molar-refractivity contribution in [2.24, 2.45) is 5.92 Å². The van der Waals surface area contributed by atoms with Gasteiger partial charge in [0.2, 0.25) is 5.91 Å². The number of rotatable bonds is 7. The van der Waals surface area contributed by atoms with Gasteiger partial charge in [0, 0.05) is 18.8 Å². The summed E-state index contributed by atoms with van der Waals surface area (Å²) < 4.78 is 5.19. The number of ether oxygens (including phenoxy) is 1. The average molecular weight is 430 g/mol. The van der Waals surface area contributed by atoms with E-state index in [2.05, 4.69) is 10.6 Å². The number of nitrogens with zero attached hydrogens (tertiary/aromatic N) is 1. The van der Waals surface area contributed by atoms with Crippen molar-refractivity contribution in [2.75, 3.05) is 30.3 Å². The molecule has 1 saturated heterocycles. The first-order chi connectivity index (χ1) is 14.6. The van der Waals surface area contributed by atoms with Gasteiger partial charge in [-0.1, -0.05) is 13.3 Å². The summed E-state index contributed by atoms with van der Waals surface area (Å²) in [6, 6.07) is 10.2. The van der Waals surface area contributed by atoms with E-state index in [1.807, 2.05) is 24.4 Å². The summed E-state index contributed by atoms with van der Waals surface area (Å²) >= 11 is 1.46. The minimum absolute atomic E-state index is 0.123. The minimum Gasteiger partial charge on any atom is -0.462 e. The molecule has 8 heteroatoms. The lowest BCUT2D eigenvalue weighted by molar-refractivity contribution is -0.121. The highest BCUT2D eigenvalue weighted by molar-refractivity contribution is 7.14. The Bertz CT molecular complexity index is 852. The number of carbonyl (C=O) groups is 3. The summed E-state index contributed by atoms with van der Waals surface area (Å²) in [7, 11) is 0. The molecular weight excluding hydrogens is 402 g/mol. The Labute approximate surface area is 180 Å². The fraction of sp³-hybridized carbons (Fsp3) is 0.409. The first-order valence-electron chi connectivity index (χ1n) is 10.2. The summed E-state index contributed by atoms with van der Waals surface area (Å²) in [5, 5.41) is 8.45. The van der Waals surface area contributed by atoms with Gasteiger partial charge in [-0.25, -0.2) is 9.59 Å². The predicted molar refractivity (Wildman–Crippen MR) is 118 cm³/mol. The Hall–Kier alpha value is -2.87. The lowest BCUT2D eigenvalue weighted by Crippen LogP contribution is -2.45. The SMILES string of the molecule is CCCCOC(=O)c1ccc(NC(=O)C2CCCN(C(=O)Nc3cccs3)C2)cc1. The van der Waals surface area contributed by atoms with E-state index in [-0.39, 0.29) is 23.8 Å². The number of hydrogen-bond acceptors (Lipinski definition) is 5. The molecule has 1 unspecified atom stereocenters. The van der Waals surface area contributed by atoms with Gasteiger partial charge in [0.15, 0.2) is 0 Å². The zero-order valence-electron chi connectivity index (χ0n) is 17.1. The van der Waals surface area contributed by atoms with Crippen LogP contribution in [0.3, 0.4) is 0 Å². The van der Waals surface area contributed by atoms with Crippen molar-refractivity contribution in [2.45, 2.75) is 32.6 Å². The van der Waals surface area contributed by atoms with Gasteiger partial charge in [0.1, 0.15) is 0 Å². The minimum atomic E-state index is -0.360. The largest absolute Gasteiger partial charge is 0.462 e. The number of benzene rings is 1. The molecule has 2 heterocycles. The summed E-state index contributed by atoms with van der Waals surface area (Å²) in [6.45, 7) is 3.46. The summed E-state index contributed by atoms with van der Waals surface area (Å²) in [6.07, 6.45) is 3.31. The fourth-order valence-corrected chi connectivity index (χ4v) is 3.84. The molecule has 1 atom stereocenters. The van der Waals surface area contributed by atoms with E-state index >= 15 is 0 Å². The number of piperidine rings is 1. The number of carbonyl (C=O) groups excluding carboxylic acids is 3. The molecule has 2 aromatic rings. The number of amides is 3. The Morgan fingerprint density at radius 3 is 2.67 bits per heavy atom. The second-order valence-electron chi connectivity index (χ2n) is 7.25. The summed E-state index contributed by atoms with van der Waals surface area (Å²) in [5.74, 6) is -0.755. The normalized spacial score (nSPS) is 16.0. The maximum atomic E-state index is 12.7. The molecule has 2 N–H and O–H groups in total. The lowest BCUT2D eigenvalue weighted by atomic mass is 9.97. The van der Waals surface area contributed by atoms with Crippen LogP contribution >= 0.6 is 11.3 Å². The summed E-state index contributed by atoms with van der Waals surface area (Å²) in [5.41, 5.74) is 1.07. The van der Waals surface area contributed by atoms with Gasteiger partial charge in [-0.15, -0.1) is 11.3 Å². The van der Waals surface area contributed by atoms with E-state index in [0.29, 0.717) is 30.9 Å². The van der Waals surface area contributed by atoms with Crippen LogP contribution in [0.15, 0.2) is 41.8 Å². The molecule has 0 radical (unpaired) electrons. The van der Waals surface area contributed by atoms with Crippen LogP contribution in [0.5, 0.6) is 0 Å². The number of esters is 1. The third-order valence-electron chi connectivity index (χ3n) is 4.95. The van der Waals surface area contributed by atoms with Crippen LogP contribution < -0.4 is 10.6 Å². The van der Waals surface area contributed by atoms with E-state index in [0.717, 1.165) is 30.7 Å². The lowest BCUT2D eigenvalue weighted by Gasteiger charge is -2.31.